The molecule has 1 aromatic rings. The Kier molecular flexibility index (Phi) is 9.16. The monoisotopic (exact) mass is 254 g/mol. The number of hydrogen-bond donors (Lipinski definition) is 0. The third kappa shape index (κ3) is 5.56. The van der Waals surface area contributed by atoms with E-state index in [1.807, 2.05) is 26.8 Å². The van der Waals surface area contributed by atoms with Crippen LogP contribution in [0.5, 0.6) is 0 Å². The second-order valence-corrected chi connectivity index (χ2v) is 3.87. The van der Waals surface area contributed by atoms with Crippen molar-refractivity contribution in [3.63, 3.8) is 0 Å². The third-order valence-corrected chi connectivity index (χ3v) is 2.78. The van der Waals surface area contributed by atoms with Crippen LogP contribution in [0.1, 0.15) is 45.2 Å². The average Bonchev–Trinajstić information content (AvgIpc) is 2.50. The van der Waals surface area contributed by atoms with Gasteiger partial charge < -0.3 is 0 Å². The molecule has 19 heavy (non-hydrogen) atoms. The summed E-state index contributed by atoms with van der Waals surface area (Å²) in [4.78, 5) is 0. The molecule has 0 saturated heterocycles. The minimum Gasteiger partial charge on any atom is -0.0991 e. The summed E-state index contributed by atoms with van der Waals surface area (Å²) in [6.45, 7) is 15.9. The molecule has 1 rings (SSSR count). The smallest absolute Gasteiger partial charge is 0.0187 e. The molecular formula is C19H26. The second kappa shape index (κ2) is 10.1. The van der Waals surface area contributed by atoms with E-state index in [1.165, 1.54) is 22.3 Å². The van der Waals surface area contributed by atoms with E-state index in [0.717, 1.165) is 6.42 Å². The molecule has 0 aliphatic rings. The van der Waals surface area contributed by atoms with Crippen LogP contribution < -0.4 is 0 Å². The van der Waals surface area contributed by atoms with Crippen molar-refractivity contribution in [3.05, 3.63) is 72.9 Å². The lowest BCUT2D eigenvalue weighted by atomic mass is 9.99. The fraction of sp³-hybridized carbons (Fsp3) is 0.263. The van der Waals surface area contributed by atoms with Crippen LogP contribution in [-0.4, -0.2) is 0 Å². The van der Waals surface area contributed by atoms with Crippen LogP contribution in [0.4, 0.5) is 0 Å². The predicted octanol–water partition coefficient (Wildman–Crippen LogP) is 6.28. The Bertz CT molecular complexity index is 441. The van der Waals surface area contributed by atoms with Crippen LogP contribution >= 0.6 is 0 Å². The van der Waals surface area contributed by atoms with Crippen LogP contribution in [0, 0.1) is 0 Å². The first-order chi connectivity index (χ1) is 9.22. The van der Waals surface area contributed by atoms with E-state index >= 15 is 0 Å². The van der Waals surface area contributed by atoms with E-state index in [0.29, 0.717) is 0 Å². The van der Waals surface area contributed by atoms with Crippen LogP contribution in [0.25, 0.3) is 11.1 Å². The van der Waals surface area contributed by atoms with E-state index in [1.54, 1.807) is 6.08 Å². The lowest BCUT2D eigenvalue weighted by Crippen LogP contribution is -1.84. The Morgan fingerprint density at radius 3 is 2.05 bits per heavy atom. The molecule has 0 spiro atoms. The Labute approximate surface area is 118 Å². The molecule has 0 N–H and O–H groups in total. The summed E-state index contributed by atoms with van der Waals surface area (Å²) >= 11 is 0. The zero-order valence-electron chi connectivity index (χ0n) is 12.7. The second-order valence-electron chi connectivity index (χ2n) is 3.87. The lowest BCUT2D eigenvalue weighted by Gasteiger charge is -2.06. The van der Waals surface area contributed by atoms with Crippen LogP contribution in [0.15, 0.2) is 61.7 Å². The molecule has 0 radical (unpaired) electrons. The van der Waals surface area contributed by atoms with Crippen LogP contribution in [-0.2, 0) is 0 Å². The van der Waals surface area contributed by atoms with Crippen molar-refractivity contribution >= 4 is 11.1 Å². The molecule has 102 valence electrons. The van der Waals surface area contributed by atoms with Gasteiger partial charge in [0.1, 0.15) is 0 Å². The Morgan fingerprint density at radius 1 is 1.11 bits per heavy atom. The molecule has 1 aromatic carbocycles. The Hall–Kier alpha value is -1.82. The van der Waals surface area contributed by atoms with Crippen molar-refractivity contribution in [1.29, 1.82) is 0 Å². The molecule has 0 nitrogen and oxygen atoms in total. The van der Waals surface area contributed by atoms with E-state index in [2.05, 4.69) is 56.5 Å². The minimum atomic E-state index is 0.992. The normalized spacial score (nSPS) is 10.8. The highest BCUT2D eigenvalue weighted by Gasteiger charge is 1.99. The van der Waals surface area contributed by atoms with Gasteiger partial charge in [-0.3, -0.25) is 0 Å². The summed E-state index contributed by atoms with van der Waals surface area (Å²) < 4.78 is 0. The molecule has 0 heterocycles. The Morgan fingerprint density at radius 2 is 1.63 bits per heavy atom. The predicted molar refractivity (Wildman–Crippen MR) is 90.1 cm³/mol. The Balaban J connectivity index is 0.00000154. The molecule has 0 atom stereocenters. The molecule has 0 aliphatic heterocycles. The zero-order chi connectivity index (χ0) is 14.7. The molecular weight excluding hydrogens is 228 g/mol. The topological polar surface area (TPSA) is 0 Å². The van der Waals surface area contributed by atoms with Crippen molar-refractivity contribution in [2.45, 2.75) is 34.1 Å². The maximum atomic E-state index is 4.05. The standard InChI is InChI=1S/C17H20.C2H6/c1-5-8-9-15(7-3)17-12-10-16(11-13-17)14(4)6-2;1-2/h5,7-13H,1,4,6H2,2-3H3;1-2H3/b9-8-,15-7+;. The summed E-state index contributed by atoms with van der Waals surface area (Å²) in [5, 5.41) is 0. The number of rotatable bonds is 5. The highest BCUT2D eigenvalue weighted by molar-refractivity contribution is 5.75. The molecule has 0 amide bonds. The zero-order valence-corrected chi connectivity index (χ0v) is 12.7. The van der Waals surface area contributed by atoms with Crippen molar-refractivity contribution in [2.24, 2.45) is 0 Å². The van der Waals surface area contributed by atoms with Gasteiger partial charge in [0, 0.05) is 0 Å². The van der Waals surface area contributed by atoms with Gasteiger partial charge in [-0.2, -0.15) is 0 Å². The van der Waals surface area contributed by atoms with E-state index < -0.39 is 0 Å². The van der Waals surface area contributed by atoms with Gasteiger partial charge in [-0.1, -0.05) is 82.5 Å². The van der Waals surface area contributed by atoms with Gasteiger partial charge in [-0.05, 0) is 35.6 Å². The van der Waals surface area contributed by atoms with Crippen molar-refractivity contribution in [3.8, 4) is 0 Å². The van der Waals surface area contributed by atoms with E-state index in [9.17, 15) is 0 Å². The molecule has 0 aliphatic carbocycles. The van der Waals surface area contributed by atoms with E-state index in [-0.39, 0.29) is 0 Å². The maximum Gasteiger partial charge on any atom is -0.0187 e. The van der Waals surface area contributed by atoms with Crippen LogP contribution in [0.3, 0.4) is 0 Å². The van der Waals surface area contributed by atoms with Gasteiger partial charge >= 0.3 is 0 Å². The average molecular weight is 254 g/mol. The quantitative estimate of drug-likeness (QED) is 0.542. The van der Waals surface area contributed by atoms with Crippen molar-refractivity contribution < 1.29 is 0 Å². The van der Waals surface area contributed by atoms with Crippen molar-refractivity contribution in [2.75, 3.05) is 0 Å². The van der Waals surface area contributed by atoms with Gasteiger partial charge in [0.25, 0.3) is 0 Å². The maximum absolute atomic E-state index is 4.05. The highest BCUT2D eigenvalue weighted by Crippen LogP contribution is 2.21. The van der Waals surface area contributed by atoms with Gasteiger partial charge in [-0.25, -0.2) is 0 Å². The first-order valence-corrected chi connectivity index (χ1v) is 6.97. The SMILES string of the molecule is C=C/C=C\C(=C/C)c1ccc(C(=C)CC)cc1.CC. The van der Waals surface area contributed by atoms with Gasteiger partial charge in [0.15, 0.2) is 0 Å². The molecule has 0 aromatic heterocycles. The molecule has 0 bridgehead atoms. The first-order valence-electron chi connectivity index (χ1n) is 6.97. The molecule has 0 heteroatoms. The summed E-state index contributed by atoms with van der Waals surface area (Å²) in [6, 6.07) is 8.54. The summed E-state index contributed by atoms with van der Waals surface area (Å²) in [5.74, 6) is 0. The summed E-state index contributed by atoms with van der Waals surface area (Å²) in [7, 11) is 0. The fourth-order valence-corrected chi connectivity index (χ4v) is 1.63. The van der Waals surface area contributed by atoms with E-state index in [4.69, 9.17) is 0 Å². The van der Waals surface area contributed by atoms with Gasteiger partial charge in [-0.15, -0.1) is 0 Å². The number of allylic oxidation sites excluding steroid dienone is 6. The number of benzene rings is 1. The largest absolute Gasteiger partial charge is 0.0991 e. The van der Waals surface area contributed by atoms with Gasteiger partial charge in [0.2, 0.25) is 0 Å². The highest BCUT2D eigenvalue weighted by atomic mass is 14.0. The molecule has 0 unspecified atom stereocenters. The first kappa shape index (κ1) is 17.2. The third-order valence-electron chi connectivity index (χ3n) is 2.78. The molecule has 0 saturated carbocycles. The number of hydrogen-bond acceptors (Lipinski definition) is 0. The molecule has 0 fully saturated rings. The lowest BCUT2D eigenvalue weighted by molar-refractivity contribution is 1.24. The minimum absolute atomic E-state index is 0.992. The van der Waals surface area contributed by atoms with Crippen molar-refractivity contribution in [1.82, 2.24) is 0 Å². The van der Waals surface area contributed by atoms with Crippen LogP contribution in [0.2, 0.25) is 0 Å². The summed E-state index contributed by atoms with van der Waals surface area (Å²) in [6.07, 6.45) is 8.90. The summed E-state index contributed by atoms with van der Waals surface area (Å²) in [5.41, 5.74) is 4.83. The van der Waals surface area contributed by atoms with Gasteiger partial charge in [0.05, 0.1) is 0 Å². The fourth-order valence-electron chi connectivity index (χ4n) is 1.63.